The third kappa shape index (κ3) is 3.63. The summed E-state index contributed by atoms with van der Waals surface area (Å²) in [6.07, 6.45) is -1.38. The molecular formula is C16H14FNO5. The largest absolute Gasteiger partial charge is 0.444 e. The van der Waals surface area contributed by atoms with Gasteiger partial charge < -0.3 is 14.9 Å². The van der Waals surface area contributed by atoms with Crippen molar-refractivity contribution in [3.8, 4) is 0 Å². The second-order valence-electron chi connectivity index (χ2n) is 4.92. The lowest BCUT2D eigenvalue weighted by Crippen LogP contribution is -2.27. The number of aryl methyl sites for hydroxylation is 2. The van der Waals surface area contributed by atoms with Crippen LogP contribution in [-0.4, -0.2) is 11.9 Å². The maximum Gasteiger partial charge on any atom is 0.342 e. The number of primary amides is 1. The Kier molecular flexibility index (Phi) is 4.59. The van der Waals surface area contributed by atoms with E-state index in [0.29, 0.717) is 5.56 Å². The van der Waals surface area contributed by atoms with Gasteiger partial charge in [0.25, 0.3) is 5.91 Å². The van der Waals surface area contributed by atoms with Gasteiger partial charge in [0, 0.05) is 11.6 Å². The summed E-state index contributed by atoms with van der Waals surface area (Å²) in [5, 5.41) is 0. The Morgan fingerprint density at radius 1 is 1.22 bits per heavy atom. The number of hydrogen-bond acceptors (Lipinski definition) is 5. The number of benzene rings is 1. The van der Waals surface area contributed by atoms with Crippen molar-refractivity contribution in [3.05, 3.63) is 69.0 Å². The molecule has 1 amide bonds. The Morgan fingerprint density at radius 3 is 2.35 bits per heavy atom. The number of esters is 1. The fraction of sp³-hybridized carbons (Fsp3) is 0.188. The molecule has 1 aromatic heterocycles. The average Bonchev–Trinajstić information content (AvgIpc) is 2.44. The molecule has 6 nitrogen and oxygen atoms in total. The zero-order valence-corrected chi connectivity index (χ0v) is 12.5. The van der Waals surface area contributed by atoms with Gasteiger partial charge in [-0.15, -0.1) is 0 Å². The molecule has 0 saturated carbocycles. The van der Waals surface area contributed by atoms with E-state index in [9.17, 15) is 18.8 Å². The highest BCUT2D eigenvalue weighted by Gasteiger charge is 2.26. The molecule has 23 heavy (non-hydrogen) atoms. The number of amides is 1. The third-order valence-electron chi connectivity index (χ3n) is 3.19. The Bertz CT molecular complexity index is 784. The topological polar surface area (TPSA) is 99.6 Å². The van der Waals surface area contributed by atoms with Gasteiger partial charge in [-0.3, -0.25) is 4.79 Å². The lowest BCUT2D eigenvalue weighted by atomic mass is 10.1. The van der Waals surface area contributed by atoms with E-state index in [4.69, 9.17) is 14.9 Å². The van der Waals surface area contributed by atoms with Gasteiger partial charge in [0.05, 0.1) is 0 Å². The van der Waals surface area contributed by atoms with Gasteiger partial charge in [0.2, 0.25) is 6.10 Å². The van der Waals surface area contributed by atoms with Crippen LogP contribution in [0.5, 0.6) is 0 Å². The third-order valence-corrected chi connectivity index (χ3v) is 3.19. The maximum atomic E-state index is 13.0. The molecule has 1 unspecified atom stereocenters. The molecular weight excluding hydrogens is 305 g/mol. The molecule has 1 heterocycles. The molecule has 1 atom stereocenters. The van der Waals surface area contributed by atoms with Crippen molar-refractivity contribution in [3.63, 3.8) is 0 Å². The van der Waals surface area contributed by atoms with E-state index in [2.05, 4.69) is 0 Å². The lowest BCUT2D eigenvalue weighted by Gasteiger charge is -2.16. The van der Waals surface area contributed by atoms with Crippen LogP contribution in [0.25, 0.3) is 0 Å². The number of nitrogens with two attached hydrogens (primary N) is 1. The van der Waals surface area contributed by atoms with Crippen molar-refractivity contribution in [1.29, 1.82) is 0 Å². The maximum absolute atomic E-state index is 13.0. The highest BCUT2D eigenvalue weighted by molar-refractivity contribution is 5.94. The van der Waals surface area contributed by atoms with Crippen LogP contribution in [0.2, 0.25) is 0 Å². The minimum Gasteiger partial charge on any atom is -0.444 e. The van der Waals surface area contributed by atoms with E-state index in [1.165, 1.54) is 26.0 Å². The first-order valence-electron chi connectivity index (χ1n) is 6.66. The van der Waals surface area contributed by atoms with E-state index >= 15 is 0 Å². The van der Waals surface area contributed by atoms with Crippen LogP contribution in [0.1, 0.15) is 33.3 Å². The molecule has 1 aromatic carbocycles. The molecule has 0 aliphatic rings. The molecule has 0 aliphatic heterocycles. The monoisotopic (exact) mass is 319 g/mol. The zero-order valence-electron chi connectivity index (χ0n) is 12.5. The van der Waals surface area contributed by atoms with Crippen LogP contribution in [0.15, 0.2) is 39.5 Å². The molecule has 120 valence electrons. The first kappa shape index (κ1) is 16.4. The van der Waals surface area contributed by atoms with Gasteiger partial charge in [-0.1, -0.05) is 12.1 Å². The summed E-state index contributed by atoms with van der Waals surface area (Å²) < 4.78 is 22.9. The first-order chi connectivity index (χ1) is 10.8. The molecule has 0 spiro atoms. The van der Waals surface area contributed by atoms with Gasteiger partial charge in [-0.25, -0.2) is 14.0 Å². The molecule has 0 fully saturated rings. The van der Waals surface area contributed by atoms with Crippen molar-refractivity contribution in [2.45, 2.75) is 20.0 Å². The summed E-state index contributed by atoms with van der Waals surface area (Å²) >= 11 is 0. The average molecular weight is 319 g/mol. The normalized spacial score (nSPS) is 11.8. The van der Waals surface area contributed by atoms with Crippen LogP contribution in [0, 0.1) is 19.7 Å². The van der Waals surface area contributed by atoms with Gasteiger partial charge in [-0.05, 0) is 31.5 Å². The quantitative estimate of drug-likeness (QED) is 0.866. The van der Waals surface area contributed by atoms with Crippen molar-refractivity contribution < 1.29 is 23.1 Å². The smallest absolute Gasteiger partial charge is 0.342 e. The van der Waals surface area contributed by atoms with E-state index in [1.807, 2.05) is 0 Å². The van der Waals surface area contributed by atoms with Crippen LogP contribution in [-0.2, 0) is 9.53 Å². The van der Waals surface area contributed by atoms with Gasteiger partial charge >= 0.3 is 11.6 Å². The van der Waals surface area contributed by atoms with Crippen molar-refractivity contribution in [2.24, 2.45) is 5.73 Å². The molecule has 0 radical (unpaired) electrons. The summed E-state index contributed by atoms with van der Waals surface area (Å²) in [4.78, 5) is 35.1. The molecule has 0 aliphatic carbocycles. The fourth-order valence-corrected chi connectivity index (χ4v) is 2.16. The second kappa shape index (κ2) is 6.43. The minimum atomic E-state index is -1.38. The standard InChI is InChI=1S/C16H14FNO5/c1-8-7-12(19)22-9(2)13(8)16(21)23-14(15(18)20)10-3-5-11(17)6-4-10/h3-7,14H,1-2H3,(H2,18,20). The molecule has 7 heteroatoms. The molecule has 2 N–H and O–H groups in total. The Labute approximate surface area is 130 Å². The molecule has 2 rings (SSSR count). The van der Waals surface area contributed by atoms with Crippen LogP contribution in [0.3, 0.4) is 0 Å². The number of carbonyl (C=O) groups is 2. The van der Waals surface area contributed by atoms with Gasteiger partial charge in [-0.2, -0.15) is 0 Å². The summed E-state index contributed by atoms with van der Waals surface area (Å²) in [5.74, 6) is -2.20. The van der Waals surface area contributed by atoms with E-state index < -0.39 is 29.4 Å². The predicted octanol–water partition coefficient (Wildman–Crippen LogP) is 1.78. The number of hydrogen-bond donors (Lipinski definition) is 1. The number of carbonyl (C=O) groups excluding carboxylic acids is 2. The molecule has 2 aromatic rings. The summed E-state index contributed by atoms with van der Waals surface area (Å²) in [7, 11) is 0. The number of rotatable bonds is 4. The van der Waals surface area contributed by atoms with Gasteiger partial charge in [0.15, 0.2) is 0 Å². The number of ether oxygens (including phenoxy) is 1. The van der Waals surface area contributed by atoms with Crippen molar-refractivity contribution >= 4 is 11.9 Å². The Morgan fingerprint density at radius 2 is 1.83 bits per heavy atom. The minimum absolute atomic E-state index is 0.0398. The van der Waals surface area contributed by atoms with E-state index in [0.717, 1.165) is 18.2 Å². The zero-order chi connectivity index (χ0) is 17.1. The number of halogens is 1. The molecule has 0 saturated heterocycles. The summed E-state index contributed by atoms with van der Waals surface area (Å²) in [6, 6.07) is 5.97. The molecule has 0 bridgehead atoms. The van der Waals surface area contributed by atoms with E-state index in [-0.39, 0.29) is 16.9 Å². The van der Waals surface area contributed by atoms with E-state index in [1.54, 1.807) is 0 Å². The fourth-order valence-electron chi connectivity index (χ4n) is 2.16. The summed E-state index contributed by atoms with van der Waals surface area (Å²) in [5.41, 5.74) is 5.28. The van der Waals surface area contributed by atoms with Crippen molar-refractivity contribution in [1.82, 2.24) is 0 Å². The highest BCUT2D eigenvalue weighted by atomic mass is 19.1. The van der Waals surface area contributed by atoms with Crippen LogP contribution >= 0.6 is 0 Å². The SMILES string of the molecule is Cc1cc(=O)oc(C)c1C(=O)OC(C(N)=O)c1ccc(F)cc1. The Balaban J connectivity index is 2.34. The Hall–Kier alpha value is -2.96. The highest BCUT2D eigenvalue weighted by Crippen LogP contribution is 2.21. The van der Waals surface area contributed by atoms with Crippen LogP contribution < -0.4 is 11.4 Å². The predicted molar refractivity (Wildman–Crippen MR) is 78.2 cm³/mol. The lowest BCUT2D eigenvalue weighted by molar-refractivity contribution is -0.127. The summed E-state index contributed by atoms with van der Waals surface area (Å²) in [6.45, 7) is 2.97. The first-order valence-corrected chi connectivity index (χ1v) is 6.66. The second-order valence-corrected chi connectivity index (χ2v) is 4.92. The van der Waals surface area contributed by atoms with Crippen LogP contribution in [0.4, 0.5) is 4.39 Å². The van der Waals surface area contributed by atoms with Gasteiger partial charge in [0.1, 0.15) is 17.1 Å². The van der Waals surface area contributed by atoms with Crippen molar-refractivity contribution in [2.75, 3.05) is 0 Å².